The average Bonchev–Trinajstić information content (AvgIpc) is 2.57. The number of benzene rings is 1. The first-order valence-electron chi connectivity index (χ1n) is 9.69. The molecule has 0 unspecified atom stereocenters. The molecule has 3 rings (SSSR count). The van der Waals surface area contributed by atoms with E-state index in [2.05, 4.69) is 9.46 Å². The molecule has 1 saturated carbocycles. The summed E-state index contributed by atoms with van der Waals surface area (Å²) in [5.41, 5.74) is -0.201. The van der Waals surface area contributed by atoms with Gasteiger partial charge in [-0.05, 0) is 88.1 Å². The lowest BCUT2D eigenvalue weighted by molar-refractivity contribution is -0.274. The monoisotopic (exact) mass is 432 g/mol. The van der Waals surface area contributed by atoms with Crippen molar-refractivity contribution in [2.45, 2.75) is 69.4 Å². The minimum Gasteiger partial charge on any atom is -0.444 e. The standard InChI is InChI=1S/C20H27F3N2O3S/c1-18(2,3)28-17(26)25-10-8-19(9-11-25)12-14(13-19)24-29-16-6-4-15(5-7-16)27-20(21,22)23/h4-7,14,24H,8-13H2,1-3H3. The molecular weight excluding hydrogens is 405 g/mol. The number of hydrogen-bond donors (Lipinski definition) is 1. The lowest BCUT2D eigenvalue weighted by Crippen LogP contribution is -2.53. The molecule has 29 heavy (non-hydrogen) atoms. The summed E-state index contributed by atoms with van der Waals surface area (Å²) < 4.78 is 49.3. The smallest absolute Gasteiger partial charge is 0.444 e. The van der Waals surface area contributed by atoms with E-state index < -0.39 is 12.0 Å². The molecule has 1 aromatic carbocycles. The van der Waals surface area contributed by atoms with Crippen LogP contribution < -0.4 is 9.46 Å². The van der Waals surface area contributed by atoms with Gasteiger partial charge in [0.15, 0.2) is 0 Å². The van der Waals surface area contributed by atoms with E-state index >= 15 is 0 Å². The maximum Gasteiger partial charge on any atom is 0.573 e. The predicted molar refractivity (Wildman–Crippen MR) is 105 cm³/mol. The van der Waals surface area contributed by atoms with Crippen LogP contribution in [0.3, 0.4) is 0 Å². The number of ether oxygens (including phenoxy) is 2. The quantitative estimate of drug-likeness (QED) is 0.649. The second-order valence-corrected chi connectivity index (χ2v) is 9.72. The number of rotatable bonds is 4. The minimum atomic E-state index is -4.67. The SMILES string of the molecule is CC(C)(C)OC(=O)N1CCC2(CC1)CC(NSc1ccc(OC(F)(F)F)cc1)C2. The number of likely N-dealkylation sites (tertiary alicyclic amines) is 1. The molecule has 2 aliphatic rings. The second-order valence-electron chi connectivity index (χ2n) is 8.81. The Morgan fingerprint density at radius 2 is 1.72 bits per heavy atom. The van der Waals surface area contributed by atoms with E-state index in [-0.39, 0.29) is 17.3 Å². The molecule has 1 amide bonds. The summed E-state index contributed by atoms with van der Waals surface area (Å²) >= 11 is 1.42. The third-order valence-electron chi connectivity index (χ3n) is 5.24. The number of halogens is 3. The zero-order chi connectivity index (χ0) is 21.3. The van der Waals surface area contributed by atoms with E-state index in [4.69, 9.17) is 4.74 Å². The number of piperidine rings is 1. The van der Waals surface area contributed by atoms with Crippen molar-refractivity contribution in [2.75, 3.05) is 13.1 Å². The van der Waals surface area contributed by atoms with E-state index in [1.165, 1.54) is 24.1 Å². The Kier molecular flexibility index (Phi) is 6.29. The fraction of sp³-hybridized carbons (Fsp3) is 0.650. The van der Waals surface area contributed by atoms with Gasteiger partial charge in [-0.15, -0.1) is 13.2 Å². The number of amides is 1. The van der Waals surface area contributed by atoms with E-state index in [1.807, 2.05) is 20.8 Å². The Bertz CT molecular complexity index is 703. The number of carbonyl (C=O) groups is 1. The van der Waals surface area contributed by atoms with Crippen LogP contribution >= 0.6 is 11.9 Å². The molecule has 2 fully saturated rings. The molecule has 162 valence electrons. The van der Waals surface area contributed by atoms with Crippen molar-refractivity contribution in [3.05, 3.63) is 24.3 Å². The Morgan fingerprint density at radius 3 is 2.24 bits per heavy atom. The lowest BCUT2D eigenvalue weighted by Gasteiger charge is -2.52. The summed E-state index contributed by atoms with van der Waals surface area (Å²) in [7, 11) is 0. The zero-order valence-electron chi connectivity index (χ0n) is 16.8. The van der Waals surface area contributed by atoms with Crippen LogP contribution in [0.2, 0.25) is 0 Å². The fourth-order valence-corrected chi connectivity index (χ4v) is 4.57. The minimum absolute atomic E-state index is 0.221. The summed E-state index contributed by atoms with van der Waals surface area (Å²) in [5, 5.41) is 0. The van der Waals surface area contributed by atoms with Crippen LogP contribution in [0.5, 0.6) is 5.75 Å². The molecule has 0 bridgehead atoms. The first-order chi connectivity index (χ1) is 13.4. The Balaban J connectivity index is 1.38. The van der Waals surface area contributed by atoms with Gasteiger partial charge in [0.25, 0.3) is 0 Å². The zero-order valence-corrected chi connectivity index (χ0v) is 17.7. The molecule has 0 radical (unpaired) electrons. The molecule has 9 heteroatoms. The molecule has 0 atom stereocenters. The molecule has 1 heterocycles. The number of carbonyl (C=O) groups excluding carboxylic acids is 1. The van der Waals surface area contributed by atoms with Crippen LogP contribution in [0.25, 0.3) is 0 Å². The van der Waals surface area contributed by atoms with Gasteiger partial charge in [-0.1, -0.05) is 0 Å². The second kappa shape index (κ2) is 8.26. The normalized spacial score (nSPS) is 19.7. The molecule has 1 aromatic rings. The molecule has 5 nitrogen and oxygen atoms in total. The lowest BCUT2D eigenvalue weighted by atomic mass is 9.61. The van der Waals surface area contributed by atoms with Crippen LogP contribution in [-0.2, 0) is 4.74 Å². The summed E-state index contributed by atoms with van der Waals surface area (Å²) in [6.07, 6.45) is -0.895. The average molecular weight is 433 g/mol. The van der Waals surface area contributed by atoms with E-state index in [0.717, 1.165) is 43.7 Å². The molecule has 1 aliphatic heterocycles. The number of hydrogen-bond acceptors (Lipinski definition) is 5. The Labute approximate surface area is 173 Å². The number of nitrogens with zero attached hydrogens (tertiary/aromatic N) is 1. The van der Waals surface area contributed by atoms with Gasteiger partial charge in [-0.3, -0.25) is 4.72 Å². The van der Waals surface area contributed by atoms with Gasteiger partial charge >= 0.3 is 12.5 Å². The predicted octanol–water partition coefficient (Wildman–Crippen LogP) is 5.36. The third kappa shape index (κ3) is 6.44. The van der Waals surface area contributed by atoms with Crippen molar-refractivity contribution in [1.29, 1.82) is 0 Å². The summed E-state index contributed by atoms with van der Waals surface area (Å²) in [4.78, 5) is 14.8. The van der Waals surface area contributed by atoms with Crippen molar-refractivity contribution < 1.29 is 27.4 Å². The molecule has 1 saturated heterocycles. The largest absolute Gasteiger partial charge is 0.573 e. The van der Waals surface area contributed by atoms with Crippen molar-refractivity contribution in [2.24, 2.45) is 5.41 Å². The highest BCUT2D eigenvalue weighted by molar-refractivity contribution is 7.97. The van der Waals surface area contributed by atoms with Gasteiger partial charge in [0, 0.05) is 24.0 Å². The molecule has 1 spiro atoms. The number of nitrogens with one attached hydrogen (secondary N) is 1. The van der Waals surface area contributed by atoms with Gasteiger partial charge in [-0.25, -0.2) is 4.79 Å². The van der Waals surface area contributed by atoms with Crippen LogP contribution in [-0.4, -0.2) is 42.1 Å². The van der Waals surface area contributed by atoms with E-state index in [1.54, 1.807) is 17.0 Å². The van der Waals surface area contributed by atoms with Crippen LogP contribution in [0.15, 0.2) is 29.2 Å². The van der Waals surface area contributed by atoms with Gasteiger partial charge in [-0.2, -0.15) is 0 Å². The highest BCUT2D eigenvalue weighted by atomic mass is 32.2. The van der Waals surface area contributed by atoms with Crippen molar-refractivity contribution in [3.63, 3.8) is 0 Å². The van der Waals surface area contributed by atoms with Crippen LogP contribution in [0.1, 0.15) is 46.5 Å². The maximum atomic E-state index is 12.2. The third-order valence-corrected chi connectivity index (χ3v) is 6.19. The molecular formula is C20H27F3N2O3S. The van der Waals surface area contributed by atoms with Crippen LogP contribution in [0, 0.1) is 5.41 Å². The highest BCUT2D eigenvalue weighted by Gasteiger charge is 2.46. The molecule has 0 aromatic heterocycles. The maximum absolute atomic E-state index is 12.2. The summed E-state index contributed by atoms with van der Waals surface area (Å²) in [5.74, 6) is -0.221. The molecule has 1 aliphatic carbocycles. The number of alkyl halides is 3. The first-order valence-corrected chi connectivity index (χ1v) is 10.5. The fourth-order valence-electron chi connectivity index (χ4n) is 3.83. The van der Waals surface area contributed by atoms with E-state index in [9.17, 15) is 18.0 Å². The summed E-state index contributed by atoms with van der Waals surface area (Å²) in [6.45, 7) is 7.04. The molecule has 1 N–H and O–H groups in total. The highest BCUT2D eigenvalue weighted by Crippen LogP contribution is 2.49. The Morgan fingerprint density at radius 1 is 1.14 bits per heavy atom. The van der Waals surface area contributed by atoms with Gasteiger partial charge in [0.2, 0.25) is 0 Å². The van der Waals surface area contributed by atoms with Gasteiger partial charge in [0.1, 0.15) is 11.4 Å². The topological polar surface area (TPSA) is 50.8 Å². The van der Waals surface area contributed by atoms with Gasteiger partial charge in [0.05, 0.1) is 0 Å². The van der Waals surface area contributed by atoms with Crippen LogP contribution in [0.4, 0.5) is 18.0 Å². The van der Waals surface area contributed by atoms with E-state index in [0.29, 0.717) is 6.04 Å². The van der Waals surface area contributed by atoms with Crippen molar-refractivity contribution in [1.82, 2.24) is 9.62 Å². The van der Waals surface area contributed by atoms with Crippen molar-refractivity contribution >= 4 is 18.0 Å². The Hall–Kier alpha value is -1.61. The van der Waals surface area contributed by atoms with Crippen molar-refractivity contribution in [3.8, 4) is 5.75 Å². The first kappa shape index (κ1) is 22.1. The van der Waals surface area contributed by atoms with Gasteiger partial charge < -0.3 is 14.4 Å². The summed E-state index contributed by atoms with van der Waals surface area (Å²) in [6, 6.07) is 6.19.